The minimum Gasteiger partial charge on any atom is -0.462 e. The van der Waals surface area contributed by atoms with Crippen LogP contribution in [0.5, 0.6) is 0 Å². The zero-order chi connectivity index (χ0) is 24.4. The van der Waals surface area contributed by atoms with Crippen LogP contribution in [-0.2, 0) is 23.7 Å². The first-order valence-corrected chi connectivity index (χ1v) is 13.0. The first-order valence-electron chi connectivity index (χ1n) is 13.0. The standard InChI is InChI=1S/C26H41NO7/c1-7-27-12-23(3)9-8-17(32-5)25-15-10-14-16(31-4)11-24(29,18(15)19(14)34-13(2)28)26(30,22(25)27)21(33-6)20(23)25/h14-22,29-30H,7-12H2,1-6H3/t14-,15-,16+,17?,18-,19+,20-,21+,22+,23+,24-,25+,26+/m1/s1. The van der Waals surface area contributed by atoms with Gasteiger partial charge >= 0.3 is 5.97 Å². The molecule has 7 bridgehead atoms. The quantitative estimate of drug-likeness (QED) is 0.568. The van der Waals surface area contributed by atoms with E-state index in [2.05, 4.69) is 18.7 Å². The topological polar surface area (TPSA) is 97.7 Å². The Bertz CT molecular complexity index is 885. The Morgan fingerprint density at radius 3 is 2.47 bits per heavy atom. The van der Waals surface area contributed by atoms with Gasteiger partial charge in [-0.15, -0.1) is 0 Å². The van der Waals surface area contributed by atoms with Gasteiger partial charge in [-0.25, -0.2) is 0 Å². The number of aliphatic hydroxyl groups is 2. The van der Waals surface area contributed by atoms with E-state index in [9.17, 15) is 15.0 Å². The number of nitrogens with zero attached hydrogens (tertiary/aromatic N) is 1. The second-order valence-electron chi connectivity index (χ2n) is 12.4. The summed E-state index contributed by atoms with van der Waals surface area (Å²) in [6.07, 6.45) is 1.60. The number of likely N-dealkylation sites (N-methyl/N-ethyl adjacent to an activating group) is 1. The molecule has 8 heteroatoms. The van der Waals surface area contributed by atoms with Gasteiger partial charge in [0.2, 0.25) is 0 Å². The molecule has 1 saturated heterocycles. The van der Waals surface area contributed by atoms with Gasteiger partial charge in [-0.1, -0.05) is 13.8 Å². The molecule has 6 aliphatic rings. The highest BCUT2D eigenvalue weighted by Gasteiger charge is 2.91. The van der Waals surface area contributed by atoms with Crippen LogP contribution in [0.1, 0.15) is 46.5 Å². The first kappa shape index (κ1) is 23.6. The average molecular weight is 480 g/mol. The van der Waals surface area contributed by atoms with E-state index >= 15 is 0 Å². The minimum absolute atomic E-state index is 0.0102. The predicted molar refractivity (Wildman–Crippen MR) is 122 cm³/mol. The van der Waals surface area contributed by atoms with Gasteiger partial charge in [-0.3, -0.25) is 9.69 Å². The van der Waals surface area contributed by atoms with Crippen molar-refractivity contribution in [2.75, 3.05) is 34.4 Å². The van der Waals surface area contributed by atoms with Gasteiger partial charge < -0.3 is 29.2 Å². The van der Waals surface area contributed by atoms with Crippen molar-refractivity contribution in [3.8, 4) is 0 Å². The molecular formula is C26H41NO7. The van der Waals surface area contributed by atoms with Crippen molar-refractivity contribution >= 4 is 5.97 Å². The molecule has 1 heterocycles. The smallest absolute Gasteiger partial charge is 0.302 e. The third kappa shape index (κ3) is 2.27. The third-order valence-electron chi connectivity index (χ3n) is 11.5. The SMILES string of the molecule is CCN1C[C@]2(C)CCC(OC)[C@@]34[C@@H]5C[C@H]6[C@H](OC(C)=O)[C@@H]5[C@](O)(C[C@@H]6OC)[C@](O)([C@@H](OC)[C@H]23)[C@@H]14. The summed E-state index contributed by atoms with van der Waals surface area (Å²) in [5.74, 6) is -0.676. The summed E-state index contributed by atoms with van der Waals surface area (Å²) in [4.78, 5) is 14.6. The lowest BCUT2D eigenvalue weighted by Crippen LogP contribution is -2.81. The number of fused-ring (bicyclic) bond motifs is 2. The Balaban J connectivity index is 1.66. The molecule has 0 aromatic carbocycles. The number of ether oxygens (including phenoxy) is 4. The van der Waals surface area contributed by atoms with Crippen LogP contribution in [0.15, 0.2) is 0 Å². The fraction of sp³-hybridized carbons (Fsp3) is 0.962. The Morgan fingerprint density at radius 2 is 1.88 bits per heavy atom. The molecule has 5 saturated carbocycles. The third-order valence-corrected chi connectivity index (χ3v) is 11.5. The molecule has 0 amide bonds. The number of hydrogen-bond acceptors (Lipinski definition) is 8. The van der Waals surface area contributed by atoms with Crippen LogP contribution in [0.3, 0.4) is 0 Å². The fourth-order valence-electron chi connectivity index (χ4n) is 11.0. The van der Waals surface area contributed by atoms with Crippen LogP contribution in [0.25, 0.3) is 0 Å². The zero-order valence-corrected chi connectivity index (χ0v) is 21.3. The van der Waals surface area contributed by atoms with Crippen LogP contribution in [-0.4, -0.2) is 97.2 Å². The largest absolute Gasteiger partial charge is 0.462 e. The van der Waals surface area contributed by atoms with Gasteiger partial charge in [0.25, 0.3) is 0 Å². The lowest BCUT2D eigenvalue weighted by Gasteiger charge is -2.69. The highest BCUT2D eigenvalue weighted by molar-refractivity contribution is 5.66. The molecular weight excluding hydrogens is 438 g/mol. The molecule has 13 atom stereocenters. The fourth-order valence-corrected chi connectivity index (χ4v) is 11.0. The van der Waals surface area contributed by atoms with Crippen LogP contribution in [0.4, 0.5) is 0 Å². The summed E-state index contributed by atoms with van der Waals surface area (Å²) in [6, 6.07) is -0.295. The van der Waals surface area contributed by atoms with E-state index in [1.54, 1.807) is 21.3 Å². The Morgan fingerprint density at radius 1 is 1.15 bits per heavy atom. The molecule has 6 fully saturated rings. The molecule has 1 spiro atoms. The zero-order valence-electron chi connectivity index (χ0n) is 21.3. The lowest BCUT2D eigenvalue weighted by molar-refractivity contribution is -0.317. The minimum atomic E-state index is -1.53. The van der Waals surface area contributed by atoms with Crippen molar-refractivity contribution in [3.63, 3.8) is 0 Å². The monoisotopic (exact) mass is 479 g/mol. The van der Waals surface area contributed by atoms with Crippen LogP contribution >= 0.6 is 0 Å². The predicted octanol–water partition coefficient (Wildman–Crippen LogP) is 1.22. The van der Waals surface area contributed by atoms with Crippen molar-refractivity contribution in [2.24, 2.45) is 34.5 Å². The summed E-state index contributed by atoms with van der Waals surface area (Å²) in [5, 5.41) is 25.8. The van der Waals surface area contributed by atoms with Crippen molar-refractivity contribution in [2.45, 2.75) is 88.1 Å². The van der Waals surface area contributed by atoms with E-state index in [1.165, 1.54) is 6.92 Å². The van der Waals surface area contributed by atoms with E-state index in [4.69, 9.17) is 18.9 Å². The van der Waals surface area contributed by atoms with Gasteiger partial charge in [0, 0.05) is 64.4 Å². The number of rotatable bonds is 5. The molecule has 192 valence electrons. The summed E-state index contributed by atoms with van der Waals surface area (Å²) < 4.78 is 24.4. The maximum Gasteiger partial charge on any atom is 0.302 e. The Hall–Kier alpha value is -0.770. The first-order chi connectivity index (χ1) is 16.1. The van der Waals surface area contributed by atoms with E-state index in [1.807, 2.05) is 0 Å². The molecule has 6 rings (SSSR count). The highest BCUT2D eigenvalue weighted by Crippen LogP contribution is 2.80. The van der Waals surface area contributed by atoms with Crippen molar-refractivity contribution in [3.05, 3.63) is 0 Å². The second kappa shape index (κ2) is 7.17. The molecule has 2 N–H and O–H groups in total. The van der Waals surface area contributed by atoms with Crippen LogP contribution in [0, 0.1) is 34.5 Å². The van der Waals surface area contributed by atoms with Gasteiger partial charge in [-0.2, -0.15) is 0 Å². The summed E-state index contributed by atoms with van der Waals surface area (Å²) in [5.41, 5.74) is -3.52. The summed E-state index contributed by atoms with van der Waals surface area (Å²) >= 11 is 0. The highest BCUT2D eigenvalue weighted by atomic mass is 16.6. The normalized spacial score (nSPS) is 59.2. The van der Waals surface area contributed by atoms with Crippen LogP contribution < -0.4 is 0 Å². The van der Waals surface area contributed by atoms with Crippen molar-refractivity contribution in [1.82, 2.24) is 4.90 Å². The van der Waals surface area contributed by atoms with E-state index in [-0.39, 0.29) is 53.3 Å². The van der Waals surface area contributed by atoms with Gasteiger partial charge in [0.05, 0.1) is 24.4 Å². The lowest BCUT2D eigenvalue weighted by atomic mass is 9.43. The maximum atomic E-state index is 13.0. The second-order valence-corrected chi connectivity index (χ2v) is 12.4. The van der Waals surface area contributed by atoms with Gasteiger partial charge in [0.15, 0.2) is 0 Å². The number of esters is 1. The number of piperidine rings is 1. The molecule has 8 nitrogen and oxygen atoms in total. The number of carbonyl (C=O) groups excluding carboxylic acids is 1. The average Bonchev–Trinajstić information content (AvgIpc) is 3.18. The van der Waals surface area contributed by atoms with Crippen molar-refractivity contribution < 1.29 is 34.0 Å². The molecule has 1 aliphatic heterocycles. The van der Waals surface area contributed by atoms with E-state index in [0.717, 1.165) is 32.4 Å². The van der Waals surface area contributed by atoms with Gasteiger partial charge in [0.1, 0.15) is 17.3 Å². The molecule has 0 aromatic rings. The molecule has 0 radical (unpaired) electrons. The molecule has 5 aliphatic carbocycles. The van der Waals surface area contributed by atoms with E-state index < -0.39 is 28.8 Å². The number of hydrogen-bond donors (Lipinski definition) is 2. The van der Waals surface area contributed by atoms with Crippen molar-refractivity contribution in [1.29, 1.82) is 0 Å². The number of methoxy groups -OCH3 is 3. The molecule has 0 aromatic heterocycles. The van der Waals surface area contributed by atoms with E-state index in [0.29, 0.717) is 6.42 Å². The maximum absolute atomic E-state index is 13.0. The van der Waals surface area contributed by atoms with Crippen LogP contribution in [0.2, 0.25) is 0 Å². The Kier molecular flexibility index (Phi) is 4.98. The number of carbonyl (C=O) groups is 1. The Labute approximate surface area is 202 Å². The molecule has 34 heavy (non-hydrogen) atoms. The summed E-state index contributed by atoms with van der Waals surface area (Å²) in [7, 11) is 5.12. The summed E-state index contributed by atoms with van der Waals surface area (Å²) in [6.45, 7) is 7.57. The number of likely N-dealkylation sites (tertiary alicyclic amines) is 1. The molecule has 1 unspecified atom stereocenters. The van der Waals surface area contributed by atoms with Gasteiger partial charge in [-0.05, 0) is 37.1 Å².